The number of benzene rings is 1. The molecular formula is C12H16N2O2. The maximum absolute atomic E-state index is 11.1. The van der Waals surface area contributed by atoms with Gasteiger partial charge in [0, 0.05) is 12.0 Å². The molecule has 86 valence electrons. The number of ether oxygens (including phenoxy) is 1. The smallest absolute Gasteiger partial charge is 0.239 e. The maximum Gasteiger partial charge on any atom is 0.239 e. The third-order valence-electron chi connectivity index (χ3n) is 2.76. The molecule has 1 heterocycles. The lowest BCUT2D eigenvalue weighted by Crippen LogP contribution is -2.29. The highest BCUT2D eigenvalue weighted by Crippen LogP contribution is 2.39. The van der Waals surface area contributed by atoms with E-state index in [9.17, 15) is 4.79 Å². The first-order valence-electron chi connectivity index (χ1n) is 5.26. The molecule has 0 fully saturated rings. The summed E-state index contributed by atoms with van der Waals surface area (Å²) in [5, 5.41) is 0. The number of para-hydroxylation sites is 1. The molecule has 1 aliphatic rings. The van der Waals surface area contributed by atoms with Crippen LogP contribution in [0.25, 0.3) is 0 Å². The number of rotatable bonds is 2. The summed E-state index contributed by atoms with van der Waals surface area (Å²) in [6.07, 6.45) is 0.821. The van der Waals surface area contributed by atoms with Crippen molar-refractivity contribution in [2.75, 3.05) is 0 Å². The fraction of sp³-hybridized carbons (Fsp3) is 0.417. The molecule has 0 bridgehead atoms. The molecule has 0 spiro atoms. The van der Waals surface area contributed by atoms with Crippen molar-refractivity contribution in [2.24, 2.45) is 11.5 Å². The minimum absolute atomic E-state index is 0.240. The zero-order valence-corrected chi connectivity index (χ0v) is 9.49. The first kappa shape index (κ1) is 11.0. The number of carbonyl (C=O) groups excluding carboxylic acids is 1. The Hall–Kier alpha value is -1.55. The normalized spacial score (nSPS) is 18.7. The van der Waals surface area contributed by atoms with E-state index in [4.69, 9.17) is 16.2 Å². The summed E-state index contributed by atoms with van der Waals surface area (Å²) in [5.41, 5.74) is 12.5. The highest BCUT2D eigenvalue weighted by molar-refractivity contribution is 5.82. The van der Waals surface area contributed by atoms with Crippen LogP contribution in [0.2, 0.25) is 0 Å². The van der Waals surface area contributed by atoms with E-state index in [0.717, 1.165) is 17.7 Å². The van der Waals surface area contributed by atoms with Crippen molar-refractivity contribution in [3.8, 4) is 5.75 Å². The van der Waals surface area contributed by atoms with Gasteiger partial charge in [-0.15, -0.1) is 0 Å². The second-order valence-electron chi connectivity index (χ2n) is 4.75. The van der Waals surface area contributed by atoms with Crippen LogP contribution in [0.3, 0.4) is 0 Å². The van der Waals surface area contributed by atoms with Crippen molar-refractivity contribution in [1.82, 2.24) is 0 Å². The summed E-state index contributed by atoms with van der Waals surface area (Å²) in [7, 11) is 0. The molecule has 0 radical (unpaired) electrons. The number of nitrogens with two attached hydrogens (primary N) is 2. The van der Waals surface area contributed by atoms with Crippen LogP contribution in [0.15, 0.2) is 18.2 Å². The number of primary amides is 1. The van der Waals surface area contributed by atoms with Gasteiger partial charge in [-0.25, -0.2) is 0 Å². The molecule has 1 aromatic rings. The zero-order valence-electron chi connectivity index (χ0n) is 9.49. The summed E-state index contributed by atoms with van der Waals surface area (Å²) in [4.78, 5) is 11.1. The van der Waals surface area contributed by atoms with E-state index in [-0.39, 0.29) is 5.60 Å². The summed E-state index contributed by atoms with van der Waals surface area (Å²) in [6.45, 7) is 4.01. The Balaban J connectivity index is 2.45. The van der Waals surface area contributed by atoms with Crippen LogP contribution >= 0.6 is 0 Å². The molecule has 1 atom stereocenters. The molecular weight excluding hydrogens is 204 g/mol. The Morgan fingerprint density at radius 2 is 2.19 bits per heavy atom. The molecule has 2 rings (SSSR count). The van der Waals surface area contributed by atoms with Gasteiger partial charge in [-0.1, -0.05) is 18.2 Å². The second-order valence-corrected chi connectivity index (χ2v) is 4.75. The van der Waals surface area contributed by atoms with Crippen molar-refractivity contribution < 1.29 is 9.53 Å². The van der Waals surface area contributed by atoms with Crippen molar-refractivity contribution in [3.05, 3.63) is 29.3 Å². The van der Waals surface area contributed by atoms with Gasteiger partial charge in [-0.2, -0.15) is 0 Å². The number of hydrogen-bond acceptors (Lipinski definition) is 3. The van der Waals surface area contributed by atoms with E-state index in [1.807, 2.05) is 26.0 Å². The van der Waals surface area contributed by atoms with Crippen LogP contribution in [0.5, 0.6) is 5.75 Å². The maximum atomic E-state index is 11.1. The quantitative estimate of drug-likeness (QED) is 0.776. The summed E-state index contributed by atoms with van der Waals surface area (Å²) >= 11 is 0. The molecule has 4 N–H and O–H groups in total. The lowest BCUT2D eigenvalue weighted by atomic mass is 9.98. The fourth-order valence-electron chi connectivity index (χ4n) is 2.04. The number of amides is 1. The summed E-state index contributed by atoms with van der Waals surface area (Å²) in [5.74, 6) is 0.181. The summed E-state index contributed by atoms with van der Waals surface area (Å²) in [6, 6.07) is 4.85. The SMILES string of the molecule is CC1(C)Cc2cccc(C(N)C(N)=O)c2O1. The van der Waals surface area contributed by atoms with Crippen LogP contribution in [0.4, 0.5) is 0 Å². The van der Waals surface area contributed by atoms with Gasteiger partial charge < -0.3 is 16.2 Å². The second kappa shape index (κ2) is 3.49. The molecule has 1 unspecified atom stereocenters. The highest BCUT2D eigenvalue weighted by atomic mass is 16.5. The van der Waals surface area contributed by atoms with Gasteiger partial charge in [0.25, 0.3) is 0 Å². The van der Waals surface area contributed by atoms with Crippen molar-refractivity contribution >= 4 is 5.91 Å². The van der Waals surface area contributed by atoms with Crippen LogP contribution < -0.4 is 16.2 Å². The molecule has 0 aliphatic carbocycles. The van der Waals surface area contributed by atoms with E-state index in [1.165, 1.54) is 0 Å². The van der Waals surface area contributed by atoms with Crippen molar-refractivity contribution in [1.29, 1.82) is 0 Å². The average Bonchev–Trinajstić information content (AvgIpc) is 2.49. The van der Waals surface area contributed by atoms with E-state index in [2.05, 4.69) is 0 Å². The molecule has 1 amide bonds. The Bertz CT molecular complexity index is 441. The minimum atomic E-state index is -0.802. The van der Waals surface area contributed by atoms with Gasteiger partial charge in [-0.05, 0) is 19.4 Å². The first-order chi connectivity index (χ1) is 7.41. The van der Waals surface area contributed by atoms with Gasteiger partial charge >= 0.3 is 0 Å². The standard InChI is InChI=1S/C12H16N2O2/c1-12(2)6-7-4-3-5-8(10(7)16-12)9(13)11(14)15/h3-5,9H,6,13H2,1-2H3,(H2,14,15). The first-order valence-corrected chi connectivity index (χ1v) is 5.26. The van der Waals surface area contributed by atoms with Gasteiger partial charge in [0.15, 0.2) is 0 Å². The molecule has 4 nitrogen and oxygen atoms in total. The van der Waals surface area contributed by atoms with Crippen LogP contribution in [-0.2, 0) is 11.2 Å². The Morgan fingerprint density at radius 1 is 1.50 bits per heavy atom. The zero-order chi connectivity index (χ0) is 11.9. The molecule has 0 aromatic heterocycles. The molecule has 4 heteroatoms. The molecule has 0 saturated carbocycles. The average molecular weight is 220 g/mol. The highest BCUT2D eigenvalue weighted by Gasteiger charge is 2.33. The van der Waals surface area contributed by atoms with E-state index in [1.54, 1.807) is 6.07 Å². The molecule has 1 aromatic carbocycles. The van der Waals surface area contributed by atoms with E-state index < -0.39 is 11.9 Å². The fourth-order valence-corrected chi connectivity index (χ4v) is 2.04. The molecule has 0 saturated heterocycles. The van der Waals surface area contributed by atoms with Crippen LogP contribution in [0, 0.1) is 0 Å². The minimum Gasteiger partial charge on any atom is -0.487 e. The van der Waals surface area contributed by atoms with E-state index in [0.29, 0.717) is 5.56 Å². The molecule has 16 heavy (non-hydrogen) atoms. The van der Waals surface area contributed by atoms with Gasteiger partial charge in [-0.3, -0.25) is 4.79 Å². The van der Waals surface area contributed by atoms with Gasteiger partial charge in [0.05, 0.1) is 0 Å². The number of hydrogen-bond donors (Lipinski definition) is 2. The third kappa shape index (κ3) is 1.76. The van der Waals surface area contributed by atoms with Crippen molar-refractivity contribution in [3.63, 3.8) is 0 Å². The Labute approximate surface area is 94.6 Å². The Kier molecular flexibility index (Phi) is 2.39. The largest absolute Gasteiger partial charge is 0.487 e. The Morgan fingerprint density at radius 3 is 2.81 bits per heavy atom. The monoisotopic (exact) mass is 220 g/mol. The lowest BCUT2D eigenvalue weighted by molar-refractivity contribution is -0.119. The van der Waals surface area contributed by atoms with Crippen LogP contribution in [0.1, 0.15) is 31.0 Å². The van der Waals surface area contributed by atoms with Crippen LogP contribution in [-0.4, -0.2) is 11.5 Å². The van der Waals surface area contributed by atoms with Crippen molar-refractivity contribution in [2.45, 2.75) is 31.9 Å². The third-order valence-corrected chi connectivity index (χ3v) is 2.76. The summed E-state index contributed by atoms with van der Waals surface area (Å²) < 4.78 is 5.81. The van der Waals surface area contributed by atoms with E-state index >= 15 is 0 Å². The topological polar surface area (TPSA) is 78.3 Å². The number of fused-ring (bicyclic) bond motifs is 1. The predicted molar refractivity (Wildman–Crippen MR) is 61.0 cm³/mol. The van der Waals surface area contributed by atoms with Gasteiger partial charge in [0.2, 0.25) is 5.91 Å². The molecule has 1 aliphatic heterocycles. The predicted octanol–water partition coefficient (Wildman–Crippen LogP) is 0.885. The number of carbonyl (C=O) groups is 1. The lowest BCUT2D eigenvalue weighted by Gasteiger charge is -2.19. The van der Waals surface area contributed by atoms with Gasteiger partial charge in [0.1, 0.15) is 17.4 Å².